The first-order valence-corrected chi connectivity index (χ1v) is 6.14. The molecule has 0 aliphatic carbocycles. The number of ether oxygens (including phenoxy) is 1. The van der Waals surface area contributed by atoms with Crippen molar-refractivity contribution >= 4 is 0 Å². The largest absolute Gasteiger partial charge is 0.497 e. The Balaban J connectivity index is 2.56. The number of nitrogens with one attached hydrogen (secondary N) is 1. The first-order valence-electron chi connectivity index (χ1n) is 6.14. The normalized spacial score (nSPS) is 13.4. The van der Waals surface area contributed by atoms with Gasteiger partial charge >= 0.3 is 0 Å². The van der Waals surface area contributed by atoms with Gasteiger partial charge in [-0.05, 0) is 24.6 Å². The predicted molar refractivity (Wildman–Crippen MR) is 71.7 cm³/mol. The average Bonchev–Trinajstić information content (AvgIpc) is 2.44. The summed E-state index contributed by atoms with van der Waals surface area (Å²) in [5.41, 5.74) is 0.662. The smallest absolute Gasteiger partial charge is 0.118 e. The lowest BCUT2D eigenvalue weighted by Gasteiger charge is -2.27. The Morgan fingerprint density at radius 1 is 1.22 bits per heavy atom. The first kappa shape index (κ1) is 15.0. The molecule has 102 valence electrons. The summed E-state index contributed by atoms with van der Waals surface area (Å²) in [7, 11) is 1.64. The third-order valence-corrected chi connectivity index (χ3v) is 3.21. The molecule has 4 nitrogen and oxygen atoms in total. The minimum absolute atomic E-state index is 0.0359. The minimum atomic E-state index is -0.485. The van der Waals surface area contributed by atoms with Gasteiger partial charge in [-0.15, -0.1) is 0 Å². The third-order valence-electron chi connectivity index (χ3n) is 3.21. The van der Waals surface area contributed by atoms with Crippen LogP contribution in [0.2, 0.25) is 0 Å². The molecule has 0 radical (unpaired) electrons. The monoisotopic (exact) mass is 253 g/mol. The lowest BCUT2D eigenvalue weighted by Crippen LogP contribution is -2.38. The van der Waals surface area contributed by atoms with Crippen molar-refractivity contribution in [3.05, 3.63) is 29.8 Å². The summed E-state index contributed by atoms with van der Waals surface area (Å²) in [4.78, 5) is 0. The van der Waals surface area contributed by atoms with E-state index in [0.29, 0.717) is 6.54 Å². The fraction of sp³-hybridized carbons (Fsp3) is 0.571. The molecule has 0 aliphatic heterocycles. The highest BCUT2D eigenvalue weighted by atomic mass is 16.5. The highest BCUT2D eigenvalue weighted by Gasteiger charge is 2.22. The van der Waals surface area contributed by atoms with Crippen molar-refractivity contribution in [3.63, 3.8) is 0 Å². The number of aliphatic hydroxyl groups is 2. The van der Waals surface area contributed by atoms with E-state index in [2.05, 4.69) is 12.2 Å². The summed E-state index contributed by atoms with van der Waals surface area (Å²) in [6.07, 6.45) is 0. The van der Waals surface area contributed by atoms with Gasteiger partial charge in [0, 0.05) is 18.0 Å². The van der Waals surface area contributed by atoms with E-state index >= 15 is 0 Å². The minimum Gasteiger partial charge on any atom is -0.497 e. The van der Waals surface area contributed by atoms with Crippen molar-refractivity contribution in [2.75, 3.05) is 26.9 Å². The standard InChI is InChI=1S/C14H23NO3/c1-11(15-8-14(2,9-16)10-17)12-4-6-13(18-3)7-5-12/h4-7,11,15-17H,8-10H2,1-3H3/t11-/m1/s1. The zero-order valence-corrected chi connectivity index (χ0v) is 11.3. The van der Waals surface area contributed by atoms with Crippen molar-refractivity contribution in [3.8, 4) is 5.75 Å². The van der Waals surface area contributed by atoms with Crippen molar-refractivity contribution in [2.24, 2.45) is 5.41 Å². The molecule has 0 heterocycles. The van der Waals surface area contributed by atoms with Crippen LogP contribution in [0.4, 0.5) is 0 Å². The molecule has 0 amide bonds. The van der Waals surface area contributed by atoms with E-state index in [1.165, 1.54) is 0 Å². The number of hydrogen-bond acceptors (Lipinski definition) is 4. The molecule has 0 bridgehead atoms. The number of methoxy groups -OCH3 is 1. The summed E-state index contributed by atoms with van der Waals surface area (Å²) in [5, 5.41) is 21.8. The van der Waals surface area contributed by atoms with Gasteiger partial charge < -0.3 is 20.3 Å². The lowest BCUT2D eigenvalue weighted by atomic mass is 9.92. The van der Waals surface area contributed by atoms with E-state index in [1.54, 1.807) is 7.11 Å². The molecule has 1 aromatic rings. The van der Waals surface area contributed by atoms with Crippen molar-refractivity contribution in [1.82, 2.24) is 5.32 Å². The maximum atomic E-state index is 9.22. The van der Waals surface area contributed by atoms with Gasteiger partial charge in [0.05, 0.1) is 20.3 Å². The molecule has 0 saturated carbocycles. The fourth-order valence-corrected chi connectivity index (χ4v) is 1.57. The zero-order valence-electron chi connectivity index (χ0n) is 11.3. The summed E-state index contributed by atoms with van der Waals surface area (Å²) >= 11 is 0. The summed E-state index contributed by atoms with van der Waals surface area (Å²) in [6.45, 7) is 4.39. The van der Waals surface area contributed by atoms with Crippen LogP contribution in [0.25, 0.3) is 0 Å². The van der Waals surface area contributed by atoms with E-state index in [9.17, 15) is 10.2 Å². The topological polar surface area (TPSA) is 61.7 Å². The maximum Gasteiger partial charge on any atom is 0.118 e. The van der Waals surface area contributed by atoms with E-state index in [4.69, 9.17) is 4.74 Å². The molecule has 18 heavy (non-hydrogen) atoms. The Kier molecular flexibility index (Phi) is 5.59. The van der Waals surface area contributed by atoms with Crippen molar-refractivity contribution in [1.29, 1.82) is 0 Å². The quantitative estimate of drug-likeness (QED) is 0.686. The Bertz CT molecular complexity index is 347. The molecule has 0 fully saturated rings. The number of hydrogen-bond donors (Lipinski definition) is 3. The number of aliphatic hydroxyl groups excluding tert-OH is 2. The first-order chi connectivity index (χ1) is 8.54. The third kappa shape index (κ3) is 3.98. The van der Waals surface area contributed by atoms with Crippen LogP contribution < -0.4 is 10.1 Å². The van der Waals surface area contributed by atoms with Crippen LogP contribution >= 0.6 is 0 Å². The van der Waals surface area contributed by atoms with Crippen LogP contribution in [0.1, 0.15) is 25.5 Å². The van der Waals surface area contributed by atoms with Gasteiger partial charge in [-0.2, -0.15) is 0 Å². The van der Waals surface area contributed by atoms with Gasteiger partial charge in [0.1, 0.15) is 5.75 Å². The second-order valence-electron chi connectivity index (χ2n) is 5.00. The zero-order chi connectivity index (χ0) is 13.6. The van der Waals surface area contributed by atoms with Gasteiger partial charge in [-0.3, -0.25) is 0 Å². The molecule has 1 aromatic carbocycles. The second-order valence-corrected chi connectivity index (χ2v) is 5.00. The lowest BCUT2D eigenvalue weighted by molar-refractivity contribution is 0.0677. The highest BCUT2D eigenvalue weighted by molar-refractivity contribution is 5.28. The Morgan fingerprint density at radius 2 is 1.78 bits per heavy atom. The molecular formula is C14H23NO3. The highest BCUT2D eigenvalue weighted by Crippen LogP contribution is 2.19. The Morgan fingerprint density at radius 3 is 2.22 bits per heavy atom. The van der Waals surface area contributed by atoms with E-state index in [1.807, 2.05) is 31.2 Å². The van der Waals surface area contributed by atoms with Crippen LogP contribution in [0, 0.1) is 5.41 Å². The predicted octanol–water partition coefficient (Wildman–Crippen LogP) is 1.34. The molecule has 0 spiro atoms. The van der Waals surface area contributed by atoms with E-state index in [0.717, 1.165) is 11.3 Å². The van der Waals surface area contributed by atoms with Gasteiger partial charge in [-0.1, -0.05) is 19.1 Å². The van der Waals surface area contributed by atoms with Crippen LogP contribution in [0.5, 0.6) is 5.75 Å². The fourth-order valence-electron chi connectivity index (χ4n) is 1.57. The number of benzene rings is 1. The molecule has 1 rings (SSSR count). The van der Waals surface area contributed by atoms with Crippen LogP contribution in [-0.4, -0.2) is 37.1 Å². The van der Waals surface area contributed by atoms with Gasteiger partial charge in [-0.25, -0.2) is 0 Å². The van der Waals surface area contributed by atoms with Crippen LogP contribution in [0.15, 0.2) is 24.3 Å². The summed E-state index contributed by atoms with van der Waals surface area (Å²) in [5.74, 6) is 0.835. The molecular weight excluding hydrogens is 230 g/mol. The van der Waals surface area contributed by atoms with Crippen molar-refractivity contribution in [2.45, 2.75) is 19.9 Å². The molecule has 4 heteroatoms. The number of rotatable bonds is 7. The van der Waals surface area contributed by atoms with E-state index < -0.39 is 5.41 Å². The molecule has 0 saturated heterocycles. The molecule has 3 N–H and O–H groups in total. The van der Waals surface area contributed by atoms with Crippen molar-refractivity contribution < 1.29 is 14.9 Å². The van der Waals surface area contributed by atoms with Gasteiger partial charge in [0.25, 0.3) is 0 Å². The maximum absolute atomic E-state index is 9.22. The molecule has 0 aliphatic rings. The summed E-state index contributed by atoms with van der Waals surface area (Å²) < 4.78 is 5.11. The Labute approximate surface area is 109 Å². The average molecular weight is 253 g/mol. The van der Waals surface area contributed by atoms with Gasteiger partial charge in [0.2, 0.25) is 0 Å². The molecule has 0 unspecified atom stereocenters. The molecule has 1 atom stereocenters. The van der Waals surface area contributed by atoms with Gasteiger partial charge in [0.15, 0.2) is 0 Å². The Hall–Kier alpha value is -1.10. The van der Waals surface area contributed by atoms with E-state index in [-0.39, 0.29) is 19.3 Å². The summed E-state index contributed by atoms with van der Waals surface area (Å²) in [6, 6.07) is 8.01. The second kappa shape index (κ2) is 6.73. The molecule has 0 aromatic heterocycles. The SMILES string of the molecule is COc1ccc([C@@H](C)NCC(C)(CO)CO)cc1. The van der Waals surface area contributed by atoms with Crippen LogP contribution in [0.3, 0.4) is 0 Å². The van der Waals surface area contributed by atoms with Crippen LogP contribution in [-0.2, 0) is 0 Å².